The molecule has 2 N–H and O–H groups in total. The first-order chi connectivity index (χ1) is 12.0. The van der Waals surface area contributed by atoms with Gasteiger partial charge in [-0.05, 0) is 37.6 Å². The van der Waals surface area contributed by atoms with Crippen molar-refractivity contribution in [3.05, 3.63) is 29.3 Å². The van der Waals surface area contributed by atoms with Crippen molar-refractivity contribution in [1.82, 2.24) is 15.5 Å². The average molecular weight is 343 g/mol. The lowest BCUT2D eigenvalue weighted by Gasteiger charge is -2.27. The molecule has 8 nitrogen and oxygen atoms in total. The van der Waals surface area contributed by atoms with E-state index in [4.69, 9.17) is 4.74 Å². The summed E-state index contributed by atoms with van der Waals surface area (Å²) in [6.07, 6.45) is 1.17. The van der Waals surface area contributed by atoms with E-state index in [2.05, 4.69) is 10.6 Å². The molecule has 0 spiro atoms. The number of hydrogen-bond donors (Lipinski definition) is 2. The van der Waals surface area contributed by atoms with Gasteiger partial charge in [0.15, 0.2) is 0 Å². The molecule has 1 aromatic carbocycles. The minimum Gasteiger partial charge on any atom is -0.489 e. The van der Waals surface area contributed by atoms with E-state index >= 15 is 0 Å². The Morgan fingerprint density at radius 3 is 2.56 bits per heavy atom. The highest BCUT2D eigenvalue weighted by molar-refractivity contribution is 6.23. The highest BCUT2D eigenvalue weighted by atomic mass is 16.5. The Hall–Kier alpha value is -2.74. The molecule has 1 unspecified atom stereocenters. The molecule has 0 aromatic heterocycles. The van der Waals surface area contributed by atoms with Crippen LogP contribution in [-0.2, 0) is 9.59 Å². The van der Waals surface area contributed by atoms with Crippen molar-refractivity contribution in [2.75, 3.05) is 13.1 Å². The monoisotopic (exact) mass is 343 g/mol. The molecule has 0 aliphatic carbocycles. The maximum atomic E-state index is 12.7. The minimum atomic E-state index is -0.950. The summed E-state index contributed by atoms with van der Waals surface area (Å²) in [6.45, 7) is 1.63. The third-order valence-electron chi connectivity index (χ3n) is 4.73. The number of carbonyl (C=O) groups is 4. The summed E-state index contributed by atoms with van der Waals surface area (Å²) < 4.78 is 5.83. The summed E-state index contributed by atoms with van der Waals surface area (Å²) in [6, 6.07) is 3.82. The summed E-state index contributed by atoms with van der Waals surface area (Å²) in [5, 5.41) is 5.37. The van der Waals surface area contributed by atoms with Crippen LogP contribution in [0.4, 0.5) is 0 Å². The van der Waals surface area contributed by atoms with E-state index in [1.165, 1.54) is 0 Å². The van der Waals surface area contributed by atoms with Crippen LogP contribution < -0.4 is 15.4 Å². The van der Waals surface area contributed by atoms with Gasteiger partial charge in [-0.2, -0.15) is 0 Å². The zero-order valence-corrected chi connectivity index (χ0v) is 13.4. The molecule has 0 bridgehead atoms. The van der Waals surface area contributed by atoms with Gasteiger partial charge >= 0.3 is 0 Å². The Labute approximate surface area is 143 Å². The lowest BCUT2D eigenvalue weighted by atomic mass is 10.0. The third-order valence-corrected chi connectivity index (χ3v) is 4.73. The number of ether oxygens (including phenoxy) is 1. The predicted octanol–water partition coefficient (Wildman–Crippen LogP) is -0.171. The summed E-state index contributed by atoms with van der Waals surface area (Å²) >= 11 is 0. The Morgan fingerprint density at radius 1 is 1.04 bits per heavy atom. The molecule has 2 atom stereocenters. The number of benzene rings is 1. The van der Waals surface area contributed by atoms with E-state index in [1.807, 2.05) is 0 Å². The van der Waals surface area contributed by atoms with Gasteiger partial charge in [-0.15, -0.1) is 0 Å². The van der Waals surface area contributed by atoms with Crippen LogP contribution in [0.2, 0.25) is 0 Å². The summed E-state index contributed by atoms with van der Waals surface area (Å²) in [5.74, 6) is -1.51. The Kier molecular flexibility index (Phi) is 3.76. The SMILES string of the molecule is O=C1CCC(N2C(=O)c3ccc(O[C@H]4CCNC4)cc3C2=O)C(=O)N1. The first kappa shape index (κ1) is 15.8. The van der Waals surface area contributed by atoms with E-state index in [-0.39, 0.29) is 30.1 Å². The quantitative estimate of drug-likeness (QED) is 0.738. The lowest BCUT2D eigenvalue weighted by molar-refractivity contribution is -0.136. The van der Waals surface area contributed by atoms with Gasteiger partial charge in [-0.25, -0.2) is 0 Å². The maximum Gasteiger partial charge on any atom is 0.262 e. The molecule has 0 radical (unpaired) electrons. The highest BCUT2D eigenvalue weighted by Gasteiger charge is 2.44. The second-order valence-corrected chi connectivity index (χ2v) is 6.39. The predicted molar refractivity (Wildman–Crippen MR) is 85.0 cm³/mol. The Morgan fingerprint density at radius 2 is 1.84 bits per heavy atom. The van der Waals surface area contributed by atoms with Crippen LogP contribution >= 0.6 is 0 Å². The molecule has 0 saturated carbocycles. The van der Waals surface area contributed by atoms with E-state index < -0.39 is 29.7 Å². The van der Waals surface area contributed by atoms with Crippen molar-refractivity contribution in [2.24, 2.45) is 0 Å². The zero-order valence-electron chi connectivity index (χ0n) is 13.4. The second-order valence-electron chi connectivity index (χ2n) is 6.39. The number of amides is 4. The number of hydrogen-bond acceptors (Lipinski definition) is 6. The van der Waals surface area contributed by atoms with Gasteiger partial charge in [0.1, 0.15) is 17.9 Å². The fourth-order valence-corrected chi connectivity index (χ4v) is 3.44. The summed E-state index contributed by atoms with van der Waals surface area (Å²) in [5.41, 5.74) is 0.491. The number of nitrogens with zero attached hydrogens (tertiary/aromatic N) is 1. The van der Waals surface area contributed by atoms with Crippen molar-refractivity contribution < 1.29 is 23.9 Å². The molecule has 3 aliphatic rings. The van der Waals surface area contributed by atoms with Crippen LogP contribution in [0, 0.1) is 0 Å². The van der Waals surface area contributed by atoms with E-state index in [0.29, 0.717) is 5.75 Å². The number of rotatable bonds is 3. The van der Waals surface area contributed by atoms with Crippen molar-refractivity contribution in [2.45, 2.75) is 31.4 Å². The smallest absolute Gasteiger partial charge is 0.262 e. The molecule has 3 heterocycles. The molecule has 1 aromatic rings. The van der Waals surface area contributed by atoms with Gasteiger partial charge in [-0.3, -0.25) is 29.4 Å². The molecular formula is C17H17N3O5. The molecule has 8 heteroatoms. The van der Waals surface area contributed by atoms with Gasteiger partial charge in [0.05, 0.1) is 11.1 Å². The third kappa shape index (κ3) is 2.68. The molecule has 130 valence electrons. The minimum absolute atomic E-state index is 0.0384. The molecule has 25 heavy (non-hydrogen) atoms. The first-order valence-electron chi connectivity index (χ1n) is 8.27. The van der Waals surface area contributed by atoms with E-state index in [9.17, 15) is 19.2 Å². The Bertz CT molecular complexity index is 784. The highest BCUT2D eigenvalue weighted by Crippen LogP contribution is 2.30. The van der Waals surface area contributed by atoms with Crippen LogP contribution in [-0.4, -0.2) is 53.8 Å². The summed E-state index contributed by atoms with van der Waals surface area (Å²) in [7, 11) is 0. The maximum absolute atomic E-state index is 12.7. The van der Waals surface area contributed by atoms with Crippen LogP contribution in [0.25, 0.3) is 0 Å². The number of piperidine rings is 1. The molecule has 2 fully saturated rings. The number of fused-ring (bicyclic) bond motifs is 1. The topological polar surface area (TPSA) is 105 Å². The molecule has 2 saturated heterocycles. The van der Waals surface area contributed by atoms with Crippen molar-refractivity contribution in [3.8, 4) is 5.75 Å². The van der Waals surface area contributed by atoms with Gasteiger partial charge in [0, 0.05) is 13.0 Å². The fraction of sp³-hybridized carbons (Fsp3) is 0.412. The normalized spacial score (nSPS) is 26.0. The molecule has 4 rings (SSSR count). The van der Waals surface area contributed by atoms with Crippen LogP contribution in [0.5, 0.6) is 5.75 Å². The van der Waals surface area contributed by atoms with Gasteiger partial charge in [-0.1, -0.05) is 0 Å². The zero-order chi connectivity index (χ0) is 17.6. The van der Waals surface area contributed by atoms with Crippen LogP contribution in [0.1, 0.15) is 40.0 Å². The first-order valence-corrected chi connectivity index (χ1v) is 8.27. The van der Waals surface area contributed by atoms with Gasteiger partial charge < -0.3 is 10.1 Å². The van der Waals surface area contributed by atoms with Crippen LogP contribution in [0.15, 0.2) is 18.2 Å². The lowest BCUT2D eigenvalue weighted by Crippen LogP contribution is -2.54. The molecule has 4 amide bonds. The largest absolute Gasteiger partial charge is 0.489 e. The van der Waals surface area contributed by atoms with Crippen molar-refractivity contribution in [1.29, 1.82) is 0 Å². The van der Waals surface area contributed by atoms with Crippen molar-refractivity contribution in [3.63, 3.8) is 0 Å². The van der Waals surface area contributed by atoms with E-state index in [1.54, 1.807) is 18.2 Å². The summed E-state index contributed by atoms with van der Waals surface area (Å²) in [4.78, 5) is 49.5. The van der Waals surface area contributed by atoms with Crippen molar-refractivity contribution >= 4 is 23.6 Å². The fourth-order valence-electron chi connectivity index (χ4n) is 3.44. The Balaban J connectivity index is 1.58. The second kappa shape index (κ2) is 5.96. The molecule has 3 aliphatic heterocycles. The molecular weight excluding hydrogens is 326 g/mol. The number of carbonyl (C=O) groups excluding carboxylic acids is 4. The van der Waals surface area contributed by atoms with E-state index in [0.717, 1.165) is 24.4 Å². The van der Waals surface area contributed by atoms with Crippen LogP contribution in [0.3, 0.4) is 0 Å². The number of imide groups is 2. The standard InChI is InChI=1S/C17H17N3O5/c21-14-4-3-13(15(22)19-14)20-16(23)11-2-1-9(7-12(11)17(20)24)25-10-5-6-18-8-10/h1-2,7,10,13,18H,3-6,8H2,(H,19,21,22)/t10-,13?/m0/s1. The number of nitrogens with one attached hydrogen (secondary N) is 2. The average Bonchev–Trinajstić information content (AvgIpc) is 3.17. The van der Waals surface area contributed by atoms with Gasteiger partial charge in [0.2, 0.25) is 11.8 Å². The van der Waals surface area contributed by atoms with Gasteiger partial charge in [0.25, 0.3) is 11.8 Å².